The molecule has 94 valence electrons. The molecule has 0 bridgehead atoms. The highest BCUT2D eigenvalue weighted by Crippen LogP contribution is 2.11. The normalized spacial score (nSPS) is 22.3. The minimum atomic E-state index is -0.411. The first-order chi connectivity index (χ1) is 7.47. The van der Waals surface area contributed by atoms with Gasteiger partial charge in [-0.1, -0.05) is 6.42 Å². The number of hydrogen-bond donors (Lipinski definition) is 2. The molecule has 1 amide bonds. The van der Waals surface area contributed by atoms with Crippen LogP contribution in [0.3, 0.4) is 0 Å². The molecule has 0 saturated carbocycles. The van der Waals surface area contributed by atoms with Crippen molar-refractivity contribution in [2.75, 3.05) is 19.6 Å². The van der Waals surface area contributed by atoms with E-state index in [4.69, 9.17) is 4.74 Å². The van der Waals surface area contributed by atoms with Crippen LogP contribution in [-0.2, 0) is 4.74 Å². The standard InChI is InChI=1S/C12H24N2O2/c1-12(2,3)16-11(15)14-9-10-6-4-5-7-13-8-10/h10,13H,4-9H2,1-3H3,(H,14,15). The lowest BCUT2D eigenvalue weighted by Crippen LogP contribution is -2.37. The van der Waals surface area contributed by atoms with E-state index in [0.717, 1.165) is 13.1 Å². The van der Waals surface area contributed by atoms with E-state index in [1.54, 1.807) is 0 Å². The van der Waals surface area contributed by atoms with Crippen molar-refractivity contribution in [3.63, 3.8) is 0 Å². The Labute approximate surface area is 98.1 Å². The second kappa shape index (κ2) is 6.09. The highest BCUT2D eigenvalue weighted by Gasteiger charge is 2.17. The second-order valence-electron chi connectivity index (χ2n) is 5.45. The minimum absolute atomic E-state index is 0.309. The zero-order valence-corrected chi connectivity index (χ0v) is 10.6. The lowest BCUT2D eigenvalue weighted by atomic mass is 10.0. The van der Waals surface area contributed by atoms with Crippen molar-refractivity contribution in [2.24, 2.45) is 5.92 Å². The van der Waals surface area contributed by atoms with Gasteiger partial charge in [0.25, 0.3) is 0 Å². The molecule has 0 spiro atoms. The van der Waals surface area contributed by atoms with Crippen molar-refractivity contribution in [1.29, 1.82) is 0 Å². The van der Waals surface area contributed by atoms with Crippen LogP contribution in [0.25, 0.3) is 0 Å². The van der Waals surface area contributed by atoms with Crippen molar-refractivity contribution in [2.45, 2.75) is 45.6 Å². The molecule has 1 heterocycles. The van der Waals surface area contributed by atoms with Gasteiger partial charge in [0.15, 0.2) is 0 Å². The largest absolute Gasteiger partial charge is 0.444 e. The van der Waals surface area contributed by atoms with Gasteiger partial charge < -0.3 is 15.4 Å². The summed E-state index contributed by atoms with van der Waals surface area (Å²) >= 11 is 0. The third-order valence-electron chi connectivity index (χ3n) is 2.58. The predicted octanol–water partition coefficient (Wildman–Crippen LogP) is 1.90. The Morgan fingerprint density at radius 2 is 2.19 bits per heavy atom. The molecular weight excluding hydrogens is 204 g/mol. The average Bonchev–Trinajstić information content (AvgIpc) is 2.39. The molecule has 4 nitrogen and oxygen atoms in total. The zero-order valence-electron chi connectivity index (χ0n) is 10.6. The van der Waals surface area contributed by atoms with Crippen LogP contribution in [-0.4, -0.2) is 31.3 Å². The van der Waals surface area contributed by atoms with Crippen LogP contribution in [0.2, 0.25) is 0 Å². The van der Waals surface area contributed by atoms with Crippen molar-refractivity contribution in [1.82, 2.24) is 10.6 Å². The lowest BCUT2D eigenvalue weighted by Gasteiger charge is -2.21. The van der Waals surface area contributed by atoms with Crippen molar-refractivity contribution in [3.8, 4) is 0 Å². The van der Waals surface area contributed by atoms with Crippen LogP contribution in [0.4, 0.5) is 4.79 Å². The quantitative estimate of drug-likeness (QED) is 0.759. The number of nitrogens with one attached hydrogen (secondary N) is 2. The number of carbonyl (C=O) groups excluding carboxylic acids is 1. The fraction of sp³-hybridized carbons (Fsp3) is 0.917. The number of alkyl carbamates (subject to hydrolysis) is 1. The van der Waals surface area contributed by atoms with Gasteiger partial charge in [0.05, 0.1) is 0 Å². The molecule has 4 heteroatoms. The Balaban J connectivity index is 2.20. The van der Waals surface area contributed by atoms with E-state index in [-0.39, 0.29) is 6.09 Å². The molecule has 1 rings (SSSR count). The minimum Gasteiger partial charge on any atom is -0.444 e. The van der Waals surface area contributed by atoms with E-state index in [0.29, 0.717) is 12.5 Å². The maximum atomic E-state index is 11.4. The monoisotopic (exact) mass is 228 g/mol. The van der Waals surface area contributed by atoms with Crippen molar-refractivity contribution >= 4 is 6.09 Å². The van der Waals surface area contributed by atoms with Crippen molar-refractivity contribution < 1.29 is 9.53 Å². The Kier molecular flexibility index (Phi) is 5.06. The van der Waals surface area contributed by atoms with Crippen molar-refractivity contribution in [3.05, 3.63) is 0 Å². The Bertz CT molecular complexity index is 216. The number of hydrogen-bond acceptors (Lipinski definition) is 3. The van der Waals surface area contributed by atoms with Crippen LogP contribution < -0.4 is 10.6 Å². The molecule has 1 fully saturated rings. The Hall–Kier alpha value is -0.770. The van der Waals surface area contributed by atoms with Crippen LogP contribution in [0.15, 0.2) is 0 Å². The summed E-state index contributed by atoms with van der Waals surface area (Å²) in [6, 6.07) is 0. The summed E-state index contributed by atoms with van der Waals surface area (Å²) < 4.78 is 5.19. The molecular formula is C12H24N2O2. The first kappa shape index (κ1) is 13.3. The van der Waals surface area contributed by atoms with Crippen LogP contribution in [0.1, 0.15) is 40.0 Å². The van der Waals surface area contributed by atoms with E-state index < -0.39 is 5.60 Å². The van der Waals surface area contributed by atoms with Gasteiger partial charge in [-0.15, -0.1) is 0 Å². The molecule has 16 heavy (non-hydrogen) atoms. The molecule has 0 aromatic rings. The SMILES string of the molecule is CC(C)(C)OC(=O)NCC1CCCCNC1. The van der Waals surface area contributed by atoms with E-state index in [1.165, 1.54) is 19.3 Å². The first-order valence-electron chi connectivity index (χ1n) is 6.15. The summed E-state index contributed by atoms with van der Waals surface area (Å²) in [5.41, 5.74) is -0.411. The van der Waals surface area contributed by atoms with Gasteiger partial charge in [-0.05, 0) is 52.6 Å². The summed E-state index contributed by atoms with van der Waals surface area (Å²) in [5, 5.41) is 6.21. The molecule has 1 atom stereocenters. The molecule has 0 aliphatic carbocycles. The fourth-order valence-corrected chi connectivity index (χ4v) is 1.81. The average molecular weight is 228 g/mol. The van der Waals surface area contributed by atoms with Gasteiger partial charge in [0.2, 0.25) is 0 Å². The van der Waals surface area contributed by atoms with Crippen LogP contribution in [0, 0.1) is 5.92 Å². The molecule has 0 aromatic heterocycles. The van der Waals surface area contributed by atoms with Gasteiger partial charge in [-0.2, -0.15) is 0 Å². The van der Waals surface area contributed by atoms with E-state index >= 15 is 0 Å². The predicted molar refractivity (Wildman–Crippen MR) is 64.4 cm³/mol. The topological polar surface area (TPSA) is 50.4 Å². The number of ether oxygens (including phenoxy) is 1. The smallest absolute Gasteiger partial charge is 0.407 e. The van der Waals surface area contributed by atoms with Gasteiger partial charge in [-0.3, -0.25) is 0 Å². The maximum absolute atomic E-state index is 11.4. The summed E-state index contributed by atoms with van der Waals surface area (Å²) in [4.78, 5) is 11.4. The first-order valence-corrected chi connectivity index (χ1v) is 6.15. The fourth-order valence-electron chi connectivity index (χ4n) is 1.81. The second-order valence-corrected chi connectivity index (χ2v) is 5.45. The lowest BCUT2D eigenvalue weighted by molar-refractivity contribution is 0.0519. The van der Waals surface area contributed by atoms with E-state index in [9.17, 15) is 4.79 Å². The number of amides is 1. The number of rotatable bonds is 2. The van der Waals surface area contributed by atoms with Gasteiger partial charge in [0.1, 0.15) is 5.60 Å². The van der Waals surface area contributed by atoms with Crippen LogP contribution >= 0.6 is 0 Å². The highest BCUT2D eigenvalue weighted by atomic mass is 16.6. The summed E-state index contributed by atoms with van der Waals surface area (Å²) in [5.74, 6) is 0.537. The molecule has 0 aromatic carbocycles. The molecule has 1 aliphatic rings. The molecule has 1 unspecified atom stereocenters. The maximum Gasteiger partial charge on any atom is 0.407 e. The molecule has 0 radical (unpaired) electrons. The van der Waals surface area contributed by atoms with Gasteiger partial charge in [0, 0.05) is 6.54 Å². The third kappa shape index (κ3) is 5.95. The summed E-state index contributed by atoms with van der Waals surface area (Å²) in [6.45, 7) is 8.43. The van der Waals surface area contributed by atoms with E-state index in [2.05, 4.69) is 10.6 Å². The van der Waals surface area contributed by atoms with Crippen LogP contribution in [0.5, 0.6) is 0 Å². The van der Waals surface area contributed by atoms with Gasteiger partial charge in [-0.25, -0.2) is 4.79 Å². The summed E-state index contributed by atoms with van der Waals surface area (Å²) in [7, 11) is 0. The number of carbonyl (C=O) groups is 1. The molecule has 1 saturated heterocycles. The Morgan fingerprint density at radius 1 is 1.44 bits per heavy atom. The molecule has 1 aliphatic heterocycles. The zero-order chi connectivity index (χ0) is 12.0. The molecule has 2 N–H and O–H groups in total. The highest BCUT2D eigenvalue weighted by molar-refractivity contribution is 5.67. The Morgan fingerprint density at radius 3 is 2.88 bits per heavy atom. The van der Waals surface area contributed by atoms with Gasteiger partial charge >= 0.3 is 6.09 Å². The summed E-state index contributed by atoms with van der Waals surface area (Å²) in [6.07, 6.45) is 3.36. The third-order valence-corrected chi connectivity index (χ3v) is 2.58. The van der Waals surface area contributed by atoms with E-state index in [1.807, 2.05) is 20.8 Å².